The fraction of sp³-hybridized carbons (Fsp3) is 0.529. The van der Waals surface area contributed by atoms with Crippen molar-refractivity contribution >= 4 is 23.8 Å². The van der Waals surface area contributed by atoms with Gasteiger partial charge in [0.15, 0.2) is 6.61 Å². The van der Waals surface area contributed by atoms with E-state index in [0.29, 0.717) is 11.8 Å². The largest absolute Gasteiger partial charge is 0.452 e. The Balaban J connectivity index is 1.76. The molecule has 8 heteroatoms. The normalized spacial score (nSPS) is 23.4. The molecule has 1 aromatic heterocycles. The number of furan rings is 1. The van der Waals surface area contributed by atoms with E-state index in [-0.39, 0.29) is 24.3 Å². The lowest BCUT2D eigenvalue weighted by Gasteiger charge is -2.34. The minimum atomic E-state index is -0.723. The zero-order valence-corrected chi connectivity index (χ0v) is 14.3. The number of hydrogen-bond donors (Lipinski definition) is 1. The monoisotopic (exact) mass is 350 g/mol. The Morgan fingerprint density at radius 2 is 2.16 bits per heavy atom. The Morgan fingerprint density at radius 3 is 2.84 bits per heavy atom. The van der Waals surface area contributed by atoms with Crippen LogP contribution < -0.4 is 5.32 Å². The molecule has 136 valence electrons. The number of nitro groups is 1. The van der Waals surface area contributed by atoms with Gasteiger partial charge < -0.3 is 14.5 Å². The Hall–Kier alpha value is -2.64. The van der Waals surface area contributed by atoms with Crippen LogP contribution in [0.3, 0.4) is 0 Å². The predicted octanol–water partition coefficient (Wildman–Crippen LogP) is 2.69. The summed E-state index contributed by atoms with van der Waals surface area (Å²) in [5.41, 5.74) is 0. The van der Waals surface area contributed by atoms with E-state index in [4.69, 9.17) is 9.15 Å². The number of esters is 1. The molecule has 1 aliphatic carbocycles. The van der Waals surface area contributed by atoms with Crippen molar-refractivity contribution in [1.29, 1.82) is 0 Å². The van der Waals surface area contributed by atoms with Crippen LogP contribution in [0.1, 0.15) is 38.9 Å². The second-order valence-electron chi connectivity index (χ2n) is 6.32. The zero-order valence-electron chi connectivity index (χ0n) is 14.3. The second-order valence-corrected chi connectivity index (χ2v) is 6.32. The Kier molecular flexibility index (Phi) is 6.32. The van der Waals surface area contributed by atoms with E-state index in [1.807, 2.05) is 0 Å². The van der Waals surface area contributed by atoms with Crippen LogP contribution in [0.5, 0.6) is 0 Å². The van der Waals surface area contributed by atoms with Gasteiger partial charge in [0, 0.05) is 12.1 Å². The standard InChI is InChI=1S/C17H22N2O6/c1-11-4-3-5-14(12(11)2)18-15(20)10-24-17(21)9-7-13-6-8-16(25-13)19(22)23/h6-9,11-12,14H,3-5,10H2,1-2H3,(H,18,20)/b9-7+/t11-,12-,14-/m1/s1. The van der Waals surface area contributed by atoms with E-state index >= 15 is 0 Å². The van der Waals surface area contributed by atoms with Crippen molar-refractivity contribution < 1.29 is 23.7 Å². The summed E-state index contributed by atoms with van der Waals surface area (Å²) >= 11 is 0. The van der Waals surface area contributed by atoms with Crippen molar-refractivity contribution in [2.75, 3.05) is 6.61 Å². The molecule has 3 atom stereocenters. The lowest BCUT2D eigenvalue weighted by atomic mass is 9.78. The van der Waals surface area contributed by atoms with Gasteiger partial charge in [-0.05, 0) is 30.4 Å². The van der Waals surface area contributed by atoms with Gasteiger partial charge in [0.2, 0.25) is 0 Å². The summed E-state index contributed by atoms with van der Waals surface area (Å²) in [7, 11) is 0. The molecule has 1 aromatic rings. The summed E-state index contributed by atoms with van der Waals surface area (Å²) in [5.74, 6) is -0.369. The molecule has 2 rings (SSSR count). The van der Waals surface area contributed by atoms with Crippen LogP contribution in [0.4, 0.5) is 5.88 Å². The molecule has 0 spiro atoms. The minimum Gasteiger partial charge on any atom is -0.452 e. The number of rotatable bonds is 6. The van der Waals surface area contributed by atoms with Crippen LogP contribution in [0.15, 0.2) is 22.6 Å². The van der Waals surface area contributed by atoms with Crippen LogP contribution in [0.25, 0.3) is 6.08 Å². The highest BCUT2D eigenvalue weighted by molar-refractivity contribution is 5.89. The third kappa shape index (κ3) is 5.44. The average molecular weight is 350 g/mol. The van der Waals surface area contributed by atoms with E-state index in [1.54, 1.807) is 0 Å². The maximum atomic E-state index is 11.9. The molecule has 1 heterocycles. The average Bonchev–Trinajstić information content (AvgIpc) is 3.04. The van der Waals surface area contributed by atoms with Crippen molar-refractivity contribution in [3.05, 3.63) is 34.1 Å². The molecule has 1 saturated carbocycles. The highest BCUT2D eigenvalue weighted by Gasteiger charge is 2.28. The molecule has 8 nitrogen and oxygen atoms in total. The summed E-state index contributed by atoms with van der Waals surface area (Å²) in [4.78, 5) is 33.3. The van der Waals surface area contributed by atoms with Crippen molar-refractivity contribution in [1.82, 2.24) is 5.32 Å². The second kappa shape index (κ2) is 8.46. The molecule has 1 N–H and O–H groups in total. The van der Waals surface area contributed by atoms with Crippen LogP contribution >= 0.6 is 0 Å². The summed E-state index contributed by atoms with van der Waals surface area (Å²) in [5, 5.41) is 13.4. The number of nitrogens with zero attached hydrogens (tertiary/aromatic N) is 1. The van der Waals surface area contributed by atoms with E-state index in [9.17, 15) is 19.7 Å². The quantitative estimate of drug-likeness (QED) is 0.365. The van der Waals surface area contributed by atoms with E-state index in [2.05, 4.69) is 19.2 Å². The van der Waals surface area contributed by atoms with Gasteiger partial charge in [-0.15, -0.1) is 0 Å². The zero-order chi connectivity index (χ0) is 18.4. The summed E-state index contributed by atoms with van der Waals surface area (Å²) in [6.45, 7) is 3.93. The van der Waals surface area contributed by atoms with Crippen molar-refractivity contribution in [2.24, 2.45) is 11.8 Å². The van der Waals surface area contributed by atoms with E-state index < -0.39 is 16.8 Å². The summed E-state index contributed by atoms with van der Waals surface area (Å²) in [6, 6.07) is 2.65. The van der Waals surface area contributed by atoms with Gasteiger partial charge in [0.1, 0.15) is 10.7 Å². The van der Waals surface area contributed by atoms with Crippen LogP contribution in [0, 0.1) is 22.0 Å². The molecule has 0 bridgehead atoms. The van der Waals surface area contributed by atoms with Gasteiger partial charge in [0.05, 0.1) is 6.07 Å². The van der Waals surface area contributed by atoms with Gasteiger partial charge >= 0.3 is 11.9 Å². The first-order valence-electron chi connectivity index (χ1n) is 8.25. The number of hydrogen-bond acceptors (Lipinski definition) is 6. The molecule has 25 heavy (non-hydrogen) atoms. The Bertz CT molecular complexity index is 666. The van der Waals surface area contributed by atoms with Gasteiger partial charge in [-0.2, -0.15) is 0 Å². The van der Waals surface area contributed by atoms with Gasteiger partial charge in [-0.25, -0.2) is 4.79 Å². The first kappa shape index (κ1) is 18.7. The number of amides is 1. The molecule has 0 unspecified atom stereocenters. The maximum Gasteiger partial charge on any atom is 0.433 e. The van der Waals surface area contributed by atoms with Crippen molar-refractivity contribution in [3.63, 3.8) is 0 Å². The summed E-state index contributed by atoms with van der Waals surface area (Å²) in [6.07, 6.45) is 5.48. The predicted molar refractivity (Wildman–Crippen MR) is 89.5 cm³/mol. The fourth-order valence-electron chi connectivity index (χ4n) is 2.90. The number of ether oxygens (including phenoxy) is 1. The lowest BCUT2D eigenvalue weighted by Crippen LogP contribution is -2.45. The smallest absolute Gasteiger partial charge is 0.433 e. The van der Waals surface area contributed by atoms with E-state index in [1.165, 1.54) is 18.2 Å². The Labute approximate surface area is 145 Å². The molecule has 0 saturated heterocycles. The van der Waals surface area contributed by atoms with Gasteiger partial charge in [0.25, 0.3) is 5.91 Å². The third-order valence-electron chi connectivity index (χ3n) is 4.57. The van der Waals surface area contributed by atoms with Crippen molar-refractivity contribution in [3.8, 4) is 0 Å². The number of nitrogens with one attached hydrogen (secondary N) is 1. The molecular formula is C17H22N2O6. The van der Waals surface area contributed by atoms with Crippen molar-refractivity contribution in [2.45, 2.75) is 39.2 Å². The SMILES string of the molecule is C[C@@H]1[C@H](C)CCC[C@H]1NC(=O)COC(=O)/C=C/c1ccc([N+](=O)[O-])o1. The molecular weight excluding hydrogens is 328 g/mol. The number of carbonyl (C=O) groups excluding carboxylic acids is 2. The first-order valence-corrected chi connectivity index (χ1v) is 8.25. The van der Waals surface area contributed by atoms with Crippen LogP contribution in [-0.2, 0) is 14.3 Å². The Morgan fingerprint density at radius 1 is 1.40 bits per heavy atom. The fourth-order valence-corrected chi connectivity index (χ4v) is 2.90. The minimum absolute atomic E-state index is 0.106. The molecule has 0 radical (unpaired) electrons. The topological polar surface area (TPSA) is 112 Å². The first-order chi connectivity index (χ1) is 11.9. The molecule has 0 aliphatic heterocycles. The van der Waals surface area contributed by atoms with Gasteiger partial charge in [-0.1, -0.05) is 26.7 Å². The van der Waals surface area contributed by atoms with Crippen LogP contribution in [0.2, 0.25) is 0 Å². The van der Waals surface area contributed by atoms with Gasteiger partial charge in [-0.3, -0.25) is 14.9 Å². The third-order valence-corrected chi connectivity index (χ3v) is 4.57. The lowest BCUT2D eigenvalue weighted by molar-refractivity contribution is -0.402. The maximum absolute atomic E-state index is 11.9. The summed E-state index contributed by atoms with van der Waals surface area (Å²) < 4.78 is 9.74. The highest BCUT2D eigenvalue weighted by Crippen LogP contribution is 2.29. The van der Waals surface area contributed by atoms with E-state index in [0.717, 1.165) is 25.3 Å². The highest BCUT2D eigenvalue weighted by atomic mass is 16.6. The molecule has 0 aromatic carbocycles. The molecule has 1 amide bonds. The molecule has 1 aliphatic rings. The number of carbonyl (C=O) groups is 2. The van der Waals surface area contributed by atoms with Crippen LogP contribution in [-0.4, -0.2) is 29.4 Å². The molecule has 1 fully saturated rings.